The molecule has 110 valence electrons. The summed E-state index contributed by atoms with van der Waals surface area (Å²) in [5.41, 5.74) is 1.09. The van der Waals surface area contributed by atoms with Gasteiger partial charge >= 0.3 is 11.9 Å². The molecule has 1 aromatic carbocycles. The molecular weight excluding hydrogens is 260 g/mol. The molecule has 0 bridgehead atoms. The molecule has 0 aliphatic heterocycles. The van der Waals surface area contributed by atoms with E-state index in [0.717, 1.165) is 17.7 Å². The average Bonchev–Trinajstić information content (AvgIpc) is 2.39. The van der Waals surface area contributed by atoms with Crippen LogP contribution < -0.4 is 4.74 Å². The number of aliphatic carboxylic acids is 2. The normalized spacial score (nSPS) is 11.8. The maximum absolute atomic E-state index is 10.9. The first-order valence-electron chi connectivity index (χ1n) is 6.69. The van der Waals surface area contributed by atoms with Crippen LogP contribution in [0.3, 0.4) is 0 Å². The van der Waals surface area contributed by atoms with E-state index < -0.39 is 17.9 Å². The summed E-state index contributed by atoms with van der Waals surface area (Å²) in [6.45, 7) is 2.54. The fourth-order valence-corrected chi connectivity index (χ4v) is 2.00. The van der Waals surface area contributed by atoms with Crippen LogP contribution >= 0.6 is 0 Å². The van der Waals surface area contributed by atoms with E-state index in [2.05, 4.69) is 0 Å². The van der Waals surface area contributed by atoms with E-state index in [9.17, 15) is 9.59 Å². The van der Waals surface area contributed by atoms with Crippen molar-refractivity contribution in [2.24, 2.45) is 5.92 Å². The van der Waals surface area contributed by atoms with Gasteiger partial charge in [0, 0.05) is 0 Å². The first-order valence-corrected chi connectivity index (χ1v) is 6.69. The van der Waals surface area contributed by atoms with Gasteiger partial charge in [-0.25, -0.2) is 0 Å². The lowest BCUT2D eigenvalue weighted by Gasteiger charge is -2.10. The van der Waals surface area contributed by atoms with E-state index in [1.807, 2.05) is 31.2 Å². The summed E-state index contributed by atoms with van der Waals surface area (Å²) in [4.78, 5) is 21.5. The van der Waals surface area contributed by atoms with E-state index in [0.29, 0.717) is 19.4 Å². The Labute approximate surface area is 118 Å². The quantitative estimate of drug-likeness (QED) is 0.726. The van der Waals surface area contributed by atoms with Gasteiger partial charge in [0.1, 0.15) is 5.75 Å². The second-order valence-corrected chi connectivity index (χ2v) is 4.60. The maximum Gasteiger partial charge on any atom is 0.307 e. The lowest BCUT2D eigenvalue weighted by Crippen LogP contribution is -2.17. The third-order valence-electron chi connectivity index (χ3n) is 3.02. The molecule has 0 radical (unpaired) electrons. The van der Waals surface area contributed by atoms with Crippen molar-refractivity contribution in [3.05, 3.63) is 29.8 Å². The molecule has 0 fully saturated rings. The summed E-state index contributed by atoms with van der Waals surface area (Å²) < 4.78 is 5.34. The lowest BCUT2D eigenvalue weighted by molar-refractivity contribution is -0.148. The smallest absolute Gasteiger partial charge is 0.307 e. The van der Waals surface area contributed by atoms with Gasteiger partial charge in [-0.1, -0.05) is 12.1 Å². The highest BCUT2D eigenvalue weighted by Gasteiger charge is 2.20. The van der Waals surface area contributed by atoms with Crippen molar-refractivity contribution in [2.45, 2.75) is 32.6 Å². The molecule has 1 aromatic rings. The second-order valence-electron chi connectivity index (χ2n) is 4.60. The van der Waals surface area contributed by atoms with Crippen LogP contribution in [0.4, 0.5) is 0 Å². The molecule has 20 heavy (non-hydrogen) atoms. The summed E-state index contributed by atoms with van der Waals surface area (Å²) in [5.74, 6) is -2.11. The molecule has 0 aliphatic carbocycles. The minimum Gasteiger partial charge on any atom is -0.494 e. The predicted octanol–water partition coefficient (Wildman–Crippen LogP) is 2.58. The van der Waals surface area contributed by atoms with Gasteiger partial charge in [0.25, 0.3) is 0 Å². The number of benzene rings is 1. The van der Waals surface area contributed by atoms with Crippen molar-refractivity contribution in [1.82, 2.24) is 0 Å². The Morgan fingerprint density at radius 3 is 2.35 bits per heavy atom. The Morgan fingerprint density at radius 1 is 1.20 bits per heavy atom. The van der Waals surface area contributed by atoms with Gasteiger partial charge in [0.2, 0.25) is 0 Å². The number of carboxylic acids is 2. The lowest BCUT2D eigenvalue weighted by atomic mass is 9.97. The van der Waals surface area contributed by atoms with Gasteiger partial charge in [0.15, 0.2) is 0 Å². The van der Waals surface area contributed by atoms with Crippen LogP contribution in [-0.4, -0.2) is 28.8 Å². The molecule has 0 amide bonds. The molecule has 0 saturated carbocycles. The molecule has 1 unspecified atom stereocenters. The van der Waals surface area contributed by atoms with E-state index in [1.54, 1.807) is 0 Å². The Kier molecular flexibility index (Phi) is 6.56. The monoisotopic (exact) mass is 280 g/mol. The van der Waals surface area contributed by atoms with Crippen LogP contribution in [-0.2, 0) is 16.0 Å². The van der Waals surface area contributed by atoms with Gasteiger partial charge in [-0.15, -0.1) is 0 Å². The number of carbonyl (C=O) groups is 2. The number of carboxylic acid groups (broad SMARTS) is 2. The number of aryl methyl sites for hydroxylation is 1. The third-order valence-corrected chi connectivity index (χ3v) is 3.02. The van der Waals surface area contributed by atoms with Crippen LogP contribution in [0.15, 0.2) is 24.3 Å². The Hall–Kier alpha value is -2.04. The first kappa shape index (κ1) is 16.0. The Bertz CT molecular complexity index is 438. The van der Waals surface area contributed by atoms with Crippen molar-refractivity contribution in [1.29, 1.82) is 0 Å². The average molecular weight is 280 g/mol. The SMILES string of the molecule is CCOc1ccc(CCCC(CC(=O)O)C(=O)O)cc1. The zero-order valence-corrected chi connectivity index (χ0v) is 11.5. The third kappa shape index (κ3) is 5.73. The van der Waals surface area contributed by atoms with E-state index >= 15 is 0 Å². The molecule has 0 saturated heterocycles. The molecule has 0 spiro atoms. The fraction of sp³-hybridized carbons (Fsp3) is 0.467. The molecule has 0 heterocycles. The predicted molar refractivity (Wildman–Crippen MR) is 73.9 cm³/mol. The van der Waals surface area contributed by atoms with Crippen molar-refractivity contribution < 1.29 is 24.5 Å². The van der Waals surface area contributed by atoms with E-state index in [1.165, 1.54) is 0 Å². The van der Waals surface area contributed by atoms with Crippen LogP contribution in [0.2, 0.25) is 0 Å². The summed E-state index contributed by atoms with van der Waals surface area (Å²) in [6.07, 6.45) is 1.43. The molecule has 0 aromatic heterocycles. The molecule has 1 rings (SSSR count). The highest BCUT2D eigenvalue weighted by molar-refractivity contribution is 5.77. The summed E-state index contributed by atoms with van der Waals surface area (Å²) in [7, 11) is 0. The minimum absolute atomic E-state index is 0.321. The summed E-state index contributed by atoms with van der Waals surface area (Å²) in [5, 5.41) is 17.6. The van der Waals surface area contributed by atoms with Gasteiger partial charge < -0.3 is 14.9 Å². The molecule has 1 atom stereocenters. The fourth-order valence-electron chi connectivity index (χ4n) is 2.00. The van der Waals surface area contributed by atoms with Crippen LogP contribution in [0.5, 0.6) is 5.75 Å². The van der Waals surface area contributed by atoms with Gasteiger partial charge in [0.05, 0.1) is 18.9 Å². The highest BCUT2D eigenvalue weighted by atomic mass is 16.5. The number of rotatable bonds is 9. The summed E-state index contributed by atoms with van der Waals surface area (Å²) in [6, 6.07) is 7.64. The largest absolute Gasteiger partial charge is 0.494 e. The first-order chi connectivity index (χ1) is 9.52. The molecule has 2 N–H and O–H groups in total. The highest BCUT2D eigenvalue weighted by Crippen LogP contribution is 2.17. The van der Waals surface area contributed by atoms with Crippen molar-refractivity contribution in [3.8, 4) is 5.75 Å². The molecule has 5 heteroatoms. The van der Waals surface area contributed by atoms with Gasteiger partial charge in [-0.3, -0.25) is 9.59 Å². The van der Waals surface area contributed by atoms with Crippen molar-refractivity contribution >= 4 is 11.9 Å². The molecular formula is C15H20O5. The maximum atomic E-state index is 10.9. The zero-order chi connectivity index (χ0) is 15.0. The Morgan fingerprint density at radius 2 is 1.85 bits per heavy atom. The number of hydrogen-bond donors (Lipinski definition) is 2. The summed E-state index contributed by atoms with van der Waals surface area (Å²) >= 11 is 0. The topological polar surface area (TPSA) is 83.8 Å². The van der Waals surface area contributed by atoms with Crippen LogP contribution in [0.25, 0.3) is 0 Å². The Balaban J connectivity index is 2.42. The number of ether oxygens (including phenoxy) is 1. The van der Waals surface area contributed by atoms with Gasteiger partial charge in [-0.2, -0.15) is 0 Å². The zero-order valence-electron chi connectivity index (χ0n) is 11.5. The van der Waals surface area contributed by atoms with Crippen LogP contribution in [0, 0.1) is 5.92 Å². The van der Waals surface area contributed by atoms with Crippen molar-refractivity contribution in [3.63, 3.8) is 0 Å². The van der Waals surface area contributed by atoms with E-state index in [4.69, 9.17) is 14.9 Å². The second kappa shape index (κ2) is 8.19. The standard InChI is InChI=1S/C15H20O5/c1-2-20-13-8-6-11(7-9-13)4-3-5-12(15(18)19)10-14(16)17/h6-9,12H,2-5,10H2,1H3,(H,16,17)(H,18,19). The van der Waals surface area contributed by atoms with Crippen molar-refractivity contribution in [2.75, 3.05) is 6.61 Å². The van der Waals surface area contributed by atoms with E-state index in [-0.39, 0.29) is 6.42 Å². The van der Waals surface area contributed by atoms with Gasteiger partial charge in [-0.05, 0) is 43.9 Å². The number of hydrogen-bond acceptors (Lipinski definition) is 3. The minimum atomic E-state index is -1.07. The molecule has 0 aliphatic rings. The molecule has 5 nitrogen and oxygen atoms in total. The van der Waals surface area contributed by atoms with Crippen LogP contribution in [0.1, 0.15) is 31.7 Å².